The molecular weight excluding hydrogens is 272 g/mol. The van der Waals surface area contributed by atoms with Crippen LogP contribution in [0.5, 0.6) is 5.75 Å². The van der Waals surface area contributed by atoms with E-state index in [1.165, 1.54) is 13.2 Å². The number of carboxylic acid groups (broad SMARTS) is 1. The van der Waals surface area contributed by atoms with Crippen LogP contribution in [0, 0.1) is 0 Å². The summed E-state index contributed by atoms with van der Waals surface area (Å²) in [6.07, 6.45) is 0.298. The average molecular weight is 287 g/mol. The molecule has 0 aliphatic carbocycles. The zero-order valence-electron chi connectivity index (χ0n) is 10.6. The number of carboxylic acids is 1. The van der Waals surface area contributed by atoms with Gasteiger partial charge in [-0.2, -0.15) is 0 Å². The van der Waals surface area contributed by atoms with E-state index in [2.05, 4.69) is 10.6 Å². The van der Waals surface area contributed by atoms with Crippen molar-refractivity contribution in [1.82, 2.24) is 5.32 Å². The molecule has 0 fully saturated rings. The molecule has 3 N–H and O–H groups in total. The fourth-order valence-electron chi connectivity index (χ4n) is 1.41. The first-order chi connectivity index (χ1) is 8.97. The van der Waals surface area contributed by atoms with Crippen LogP contribution in [0.2, 0.25) is 5.02 Å². The van der Waals surface area contributed by atoms with Crippen molar-refractivity contribution in [3.05, 3.63) is 23.2 Å². The summed E-state index contributed by atoms with van der Waals surface area (Å²) in [7, 11) is 1.49. The number of carbonyl (C=O) groups is 2. The molecule has 0 unspecified atom stereocenters. The van der Waals surface area contributed by atoms with Crippen molar-refractivity contribution < 1.29 is 19.4 Å². The Balaban J connectivity index is 2.67. The van der Waals surface area contributed by atoms with Crippen LogP contribution in [0.3, 0.4) is 0 Å². The quantitative estimate of drug-likeness (QED) is 0.775. The predicted octanol–water partition coefficient (Wildman–Crippen LogP) is 2.33. The summed E-state index contributed by atoms with van der Waals surface area (Å²) in [5.41, 5.74) is 0.448. The van der Waals surface area contributed by atoms with Gasteiger partial charge in [0.25, 0.3) is 0 Å². The van der Waals surface area contributed by atoms with Crippen LogP contribution < -0.4 is 15.4 Å². The fourth-order valence-corrected chi connectivity index (χ4v) is 1.67. The van der Waals surface area contributed by atoms with E-state index in [-0.39, 0.29) is 0 Å². The van der Waals surface area contributed by atoms with Crippen LogP contribution in [-0.2, 0) is 4.79 Å². The molecule has 0 aliphatic heterocycles. The molecule has 0 heterocycles. The van der Waals surface area contributed by atoms with Crippen LogP contribution in [0.15, 0.2) is 18.2 Å². The predicted molar refractivity (Wildman–Crippen MR) is 71.9 cm³/mol. The number of methoxy groups -OCH3 is 1. The normalized spacial score (nSPS) is 11.5. The summed E-state index contributed by atoms with van der Waals surface area (Å²) in [6.45, 7) is 1.67. The average Bonchev–Trinajstić information content (AvgIpc) is 2.35. The zero-order valence-corrected chi connectivity index (χ0v) is 11.3. The number of amides is 2. The number of benzene rings is 1. The Hall–Kier alpha value is -1.95. The van der Waals surface area contributed by atoms with Crippen molar-refractivity contribution in [3.63, 3.8) is 0 Å². The van der Waals surface area contributed by atoms with Gasteiger partial charge < -0.3 is 20.5 Å². The van der Waals surface area contributed by atoms with Gasteiger partial charge in [0.1, 0.15) is 11.8 Å². The molecule has 0 aromatic heterocycles. The van der Waals surface area contributed by atoms with Gasteiger partial charge in [0.15, 0.2) is 0 Å². The van der Waals surface area contributed by atoms with Gasteiger partial charge in [0.05, 0.1) is 12.1 Å². The maximum atomic E-state index is 11.6. The molecule has 0 bridgehead atoms. The van der Waals surface area contributed by atoms with E-state index in [0.717, 1.165) is 0 Å². The van der Waals surface area contributed by atoms with Crippen LogP contribution in [0.4, 0.5) is 10.5 Å². The van der Waals surface area contributed by atoms with E-state index in [1.807, 2.05) is 0 Å². The van der Waals surface area contributed by atoms with Gasteiger partial charge in [-0.05, 0) is 24.6 Å². The lowest BCUT2D eigenvalue weighted by molar-refractivity contribution is -0.139. The number of carbonyl (C=O) groups excluding carboxylic acids is 1. The molecule has 6 nitrogen and oxygen atoms in total. The van der Waals surface area contributed by atoms with Crippen molar-refractivity contribution in [3.8, 4) is 5.75 Å². The third kappa shape index (κ3) is 4.33. The van der Waals surface area contributed by atoms with Gasteiger partial charge in [-0.15, -0.1) is 0 Å². The first-order valence-electron chi connectivity index (χ1n) is 5.61. The molecule has 0 saturated heterocycles. The van der Waals surface area contributed by atoms with Crippen molar-refractivity contribution in [2.75, 3.05) is 12.4 Å². The van der Waals surface area contributed by atoms with Gasteiger partial charge in [0.2, 0.25) is 0 Å². The Labute approximate surface area is 115 Å². The van der Waals surface area contributed by atoms with Gasteiger partial charge >= 0.3 is 12.0 Å². The highest BCUT2D eigenvalue weighted by molar-refractivity contribution is 6.32. The summed E-state index contributed by atoms with van der Waals surface area (Å²) in [5, 5.41) is 14.0. The van der Waals surface area contributed by atoms with E-state index in [1.54, 1.807) is 19.1 Å². The Bertz CT molecular complexity index is 479. The number of nitrogens with one attached hydrogen (secondary N) is 2. The summed E-state index contributed by atoms with van der Waals surface area (Å²) in [5.74, 6) is -0.588. The number of aliphatic carboxylic acids is 1. The highest BCUT2D eigenvalue weighted by atomic mass is 35.5. The van der Waals surface area contributed by atoms with Gasteiger partial charge in [-0.3, -0.25) is 0 Å². The molecule has 2 amide bonds. The maximum absolute atomic E-state index is 11.6. The first kappa shape index (κ1) is 15.1. The standard InChI is InChI=1S/C12H15ClN2O4/c1-3-9(11(16)17)15-12(18)14-7-4-5-10(19-2)8(13)6-7/h4-6,9H,3H2,1-2H3,(H,16,17)(H2,14,15,18)/t9-/m0/s1. The smallest absolute Gasteiger partial charge is 0.326 e. The Morgan fingerprint density at radius 1 is 1.47 bits per heavy atom. The lowest BCUT2D eigenvalue weighted by Crippen LogP contribution is -2.42. The van der Waals surface area contributed by atoms with Gasteiger partial charge in [-0.1, -0.05) is 18.5 Å². The lowest BCUT2D eigenvalue weighted by Gasteiger charge is -2.13. The molecule has 0 radical (unpaired) electrons. The topological polar surface area (TPSA) is 87.7 Å². The lowest BCUT2D eigenvalue weighted by atomic mass is 10.2. The van der Waals surface area contributed by atoms with Crippen molar-refractivity contribution in [1.29, 1.82) is 0 Å². The molecule has 1 atom stereocenters. The number of rotatable bonds is 5. The van der Waals surface area contributed by atoms with E-state index in [0.29, 0.717) is 22.9 Å². The molecule has 104 valence electrons. The summed E-state index contributed by atoms with van der Waals surface area (Å²) >= 11 is 5.91. The van der Waals surface area contributed by atoms with Crippen LogP contribution in [0.1, 0.15) is 13.3 Å². The highest BCUT2D eigenvalue weighted by Crippen LogP contribution is 2.27. The van der Waals surface area contributed by atoms with Gasteiger partial charge in [-0.25, -0.2) is 9.59 Å². The minimum atomic E-state index is -1.08. The minimum Gasteiger partial charge on any atom is -0.495 e. The molecule has 1 aromatic carbocycles. The number of halogens is 1. The molecule has 19 heavy (non-hydrogen) atoms. The molecule has 0 aliphatic rings. The van der Waals surface area contributed by atoms with Crippen LogP contribution >= 0.6 is 11.6 Å². The third-order valence-corrected chi connectivity index (χ3v) is 2.72. The number of hydrogen-bond acceptors (Lipinski definition) is 3. The van der Waals surface area contributed by atoms with Crippen molar-refractivity contribution in [2.45, 2.75) is 19.4 Å². The largest absolute Gasteiger partial charge is 0.495 e. The Kier molecular flexibility index (Phi) is 5.44. The van der Waals surface area contributed by atoms with E-state index in [4.69, 9.17) is 21.4 Å². The first-order valence-corrected chi connectivity index (χ1v) is 5.99. The van der Waals surface area contributed by atoms with E-state index in [9.17, 15) is 9.59 Å². The second-order valence-electron chi connectivity index (χ2n) is 3.75. The number of urea groups is 1. The summed E-state index contributed by atoms with van der Waals surface area (Å²) in [4.78, 5) is 22.4. The number of ether oxygens (including phenoxy) is 1. The van der Waals surface area contributed by atoms with Crippen molar-refractivity contribution in [2.24, 2.45) is 0 Å². The molecule has 1 rings (SSSR count). The Morgan fingerprint density at radius 3 is 2.63 bits per heavy atom. The molecule has 0 spiro atoms. The fraction of sp³-hybridized carbons (Fsp3) is 0.333. The minimum absolute atomic E-state index is 0.298. The second kappa shape index (κ2) is 6.84. The van der Waals surface area contributed by atoms with E-state index < -0.39 is 18.0 Å². The molecule has 1 aromatic rings. The second-order valence-corrected chi connectivity index (χ2v) is 4.15. The Morgan fingerprint density at radius 2 is 2.16 bits per heavy atom. The zero-order chi connectivity index (χ0) is 14.4. The molecular formula is C12H15ClN2O4. The summed E-state index contributed by atoms with van der Waals surface area (Å²) < 4.78 is 4.98. The summed E-state index contributed by atoms with van der Waals surface area (Å²) in [6, 6.07) is 3.20. The number of hydrogen-bond donors (Lipinski definition) is 3. The van der Waals surface area contributed by atoms with E-state index >= 15 is 0 Å². The van der Waals surface area contributed by atoms with Crippen LogP contribution in [0.25, 0.3) is 0 Å². The third-order valence-electron chi connectivity index (χ3n) is 2.42. The maximum Gasteiger partial charge on any atom is 0.326 e. The van der Waals surface area contributed by atoms with Gasteiger partial charge in [0, 0.05) is 5.69 Å². The monoisotopic (exact) mass is 286 g/mol. The molecule has 0 saturated carbocycles. The SMILES string of the molecule is CC[C@H](NC(=O)Nc1ccc(OC)c(Cl)c1)C(=O)O. The highest BCUT2D eigenvalue weighted by Gasteiger charge is 2.17. The molecule has 7 heteroatoms. The number of anilines is 1. The van der Waals surface area contributed by atoms with Crippen LogP contribution in [-0.4, -0.2) is 30.3 Å². The van der Waals surface area contributed by atoms with Crippen molar-refractivity contribution >= 4 is 29.3 Å².